The monoisotopic (exact) mass is 318 g/mol. The summed E-state index contributed by atoms with van der Waals surface area (Å²) in [4.78, 5) is 18.0. The lowest BCUT2D eigenvalue weighted by atomic mass is 10.2. The Morgan fingerprint density at radius 3 is 2.76 bits per heavy atom. The van der Waals surface area contributed by atoms with Gasteiger partial charge in [0.15, 0.2) is 0 Å². The van der Waals surface area contributed by atoms with E-state index in [9.17, 15) is 4.79 Å². The fourth-order valence-electron chi connectivity index (χ4n) is 1.43. The van der Waals surface area contributed by atoms with Gasteiger partial charge in [0.25, 0.3) is 5.91 Å². The molecule has 1 aromatic heterocycles. The van der Waals surface area contributed by atoms with Crippen LogP contribution in [0, 0.1) is 0 Å². The third-order valence-electron chi connectivity index (χ3n) is 2.37. The molecule has 0 bridgehead atoms. The Hall–Kier alpha value is -0.610. The number of hydrogen-bond donors (Lipinski definition) is 0. The fraction of sp³-hybridized carbons (Fsp3) is 0.500. The predicted molar refractivity (Wildman–Crippen MR) is 73.9 cm³/mol. The van der Waals surface area contributed by atoms with E-state index in [1.54, 1.807) is 12.1 Å². The molecule has 0 fully saturated rings. The first-order chi connectivity index (χ1) is 8.19. The average Bonchev–Trinajstić information content (AvgIpc) is 2.34. The molecular formula is C12H16BrClN2O. The molecule has 0 atom stereocenters. The lowest BCUT2D eigenvalue weighted by Gasteiger charge is -2.21. The summed E-state index contributed by atoms with van der Waals surface area (Å²) in [6.07, 6.45) is 3.58. The van der Waals surface area contributed by atoms with Crippen LogP contribution in [-0.4, -0.2) is 34.2 Å². The van der Waals surface area contributed by atoms with Crippen molar-refractivity contribution < 1.29 is 4.79 Å². The van der Waals surface area contributed by atoms with Crippen LogP contribution in [-0.2, 0) is 0 Å². The largest absolute Gasteiger partial charge is 0.336 e. The molecule has 0 aliphatic rings. The summed E-state index contributed by atoms with van der Waals surface area (Å²) in [6, 6.07) is 3.35. The molecule has 1 aromatic rings. The molecule has 0 saturated carbocycles. The molecule has 0 radical (unpaired) electrons. The third kappa shape index (κ3) is 4.64. The molecule has 3 nitrogen and oxygen atoms in total. The second kappa shape index (κ2) is 7.67. The van der Waals surface area contributed by atoms with Gasteiger partial charge in [-0.25, -0.2) is 4.98 Å². The second-order valence-electron chi connectivity index (χ2n) is 3.70. The van der Waals surface area contributed by atoms with Gasteiger partial charge in [0.1, 0.15) is 5.69 Å². The zero-order chi connectivity index (χ0) is 12.7. The van der Waals surface area contributed by atoms with Crippen LogP contribution in [0.5, 0.6) is 0 Å². The zero-order valence-electron chi connectivity index (χ0n) is 9.83. The van der Waals surface area contributed by atoms with E-state index in [1.165, 1.54) is 6.20 Å². The standard InChI is InChI=1S/C12H16BrClN2O/c1-2-3-7-16(8-6-13)12(17)11-5-4-10(14)9-15-11/h4-5,9H,2-3,6-8H2,1H3. The Kier molecular flexibility index (Phi) is 6.52. The molecule has 0 aromatic carbocycles. The number of amides is 1. The highest BCUT2D eigenvalue weighted by Gasteiger charge is 2.15. The van der Waals surface area contributed by atoms with Gasteiger partial charge in [-0.1, -0.05) is 40.9 Å². The van der Waals surface area contributed by atoms with Crippen LogP contribution < -0.4 is 0 Å². The minimum absolute atomic E-state index is 0.0328. The summed E-state index contributed by atoms with van der Waals surface area (Å²) in [5.41, 5.74) is 0.450. The van der Waals surface area contributed by atoms with Crippen LogP contribution in [0.15, 0.2) is 18.3 Å². The van der Waals surface area contributed by atoms with Crippen molar-refractivity contribution in [2.45, 2.75) is 19.8 Å². The number of unbranched alkanes of at least 4 members (excludes halogenated alkanes) is 1. The molecule has 1 rings (SSSR count). The van der Waals surface area contributed by atoms with Crippen molar-refractivity contribution in [1.29, 1.82) is 0 Å². The molecule has 17 heavy (non-hydrogen) atoms. The van der Waals surface area contributed by atoms with Crippen molar-refractivity contribution in [1.82, 2.24) is 9.88 Å². The molecule has 1 heterocycles. The topological polar surface area (TPSA) is 33.2 Å². The van der Waals surface area contributed by atoms with Crippen molar-refractivity contribution in [3.63, 3.8) is 0 Å². The van der Waals surface area contributed by atoms with Gasteiger partial charge in [-0.3, -0.25) is 4.79 Å². The first kappa shape index (κ1) is 14.5. The maximum absolute atomic E-state index is 12.2. The Morgan fingerprint density at radius 2 is 2.24 bits per heavy atom. The molecule has 0 aliphatic heterocycles. The van der Waals surface area contributed by atoms with E-state index < -0.39 is 0 Å². The first-order valence-corrected chi connectivity index (χ1v) is 7.15. The number of aromatic nitrogens is 1. The predicted octanol–water partition coefficient (Wildman–Crippen LogP) is 3.37. The zero-order valence-corrected chi connectivity index (χ0v) is 12.2. The van der Waals surface area contributed by atoms with Gasteiger partial charge in [0.05, 0.1) is 5.02 Å². The molecular weight excluding hydrogens is 304 g/mol. The van der Waals surface area contributed by atoms with Gasteiger partial charge >= 0.3 is 0 Å². The molecule has 0 saturated heterocycles. The Labute approximate surface area is 115 Å². The van der Waals surface area contributed by atoms with Crippen molar-refractivity contribution >= 4 is 33.4 Å². The average molecular weight is 320 g/mol. The van der Waals surface area contributed by atoms with E-state index >= 15 is 0 Å². The van der Waals surface area contributed by atoms with Gasteiger partial charge in [0.2, 0.25) is 0 Å². The van der Waals surface area contributed by atoms with E-state index in [1.807, 2.05) is 4.90 Å². The molecule has 1 amide bonds. The van der Waals surface area contributed by atoms with Gasteiger partial charge in [-0.15, -0.1) is 0 Å². The van der Waals surface area contributed by atoms with Crippen molar-refractivity contribution in [3.05, 3.63) is 29.0 Å². The molecule has 0 N–H and O–H groups in total. The van der Waals surface area contributed by atoms with Crippen LogP contribution in [0.2, 0.25) is 5.02 Å². The quantitative estimate of drug-likeness (QED) is 0.753. The molecule has 0 spiro atoms. The summed E-state index contributed by atoms with van der Waals surface area (Å²) < 4.78 is 0. The number of alkyl halides is 1. The summed E-state index contributed by atoms with van der Waals surface area (Å²) in [7, 11) is 0. The highest BCUT2D eigenvalue weighted by Crippen LogP contribution is 2.09. The number of carbonyl (C=O) groups excluding carboxylic acids is 1. The minimum atomic E-state index is -0.0328. The van der Waals surface area contributed by atoms with Gasteiger partial charge in [0, 0.05) is 24.6 Å². The van der Waals surface area contributed by atoms with E-state index in [0.717, 1.165) is 24.7 Å². The maximum atomic E-state index is 12.2. The van der Waals surface area contributed by atoms with Crippen LogP contribution in [0.1, 0.15) is 30.3 Å². The highest BCUT2D eigenvalue weighted by atomic mass is 79.9. The number of halogens is 2. The number of pyridine rings is 1. The van der Waals surface area contributed by atoms with Crippen molar-refractivity contribution in [3.8, 4) is 0 Å². The molecule has 0 unspecified atom stereocenters. The van der Waals surface area contributed by atoms with Crippen LogP contribution >= 0.6 is 27.5 Å². The molecule has 0 aliphatic carbocycles. The van der Waals surface area contributed by atoms with Crippen LogP contribution in [0.25, 0.3) is 0 Å². The SMILES string of the molecule is CCCCN(CCBr)C(=O)c1ccc(Cl)cn1. The van der Waals surface area contributed by atoms with E-state index in [2.05, 4.69) is 27.8 Å². The number of hydrogen-bond acceptors (Lipinski definition) is 2. The molecule has 5 heteroatoms. The summed E-state index contributed by atoms with van der Waals surface area (Å²) >= 11 is 9.10. The third-order valence-corrected chi connectivity index (χ3v) is 2.95. The number of rotatable bonds is 6. The highest BCUT2D eigenvalue weighted by molar-refractivity contribution is 9.09. The number of carbonyl (C=O) groups is 1. The Morgan fingerprint density at radius 1 is 1.47 bits per heavy atom. The van der Waals surface area contributed by atoms with E-state index in [4.69, 9.17) is 11.6 Å². The minimum Gasteiger partial charge on any atom is -0.336 e. The van der Waals surface area contributed by atoms with Crippen molar-refractivity contribution in [2.75, 3.05) is 18.4 Å². The van der Waals surface area contributed by atoms with Gasteiger partial charge < -0.3 is 4.90 Å². The summed E-state index contributed by atoms with van der Waals surface area (Å²) in [6.45, 7) is 3.58. The van der Waals surface area contributed by atoms with Gasteiger partial charge in [-0.05, 0) is 18.6 Å². The van der Waals surface area contributed by atoms with E-state index in [0.29, 0.717) is 17.3 Å². The van der Waals surface area contributed by atoms with Crippen LogP contribution in [0.3, 0.4) is 0 Å². The fourth-order valence-corrected chi connectivity index (χ4v) is 1.97. The normalized spacial score (nSPS) is 10.3. The Balaban J connectivity index is 2.72. The smallest absolute Gasteiger partial charge is 0.272 e. The first-order valence-electron chi connectivity index (χ1n) is 5.65. The summed E-state index contributed by atoms with van der Waals surface area (Å²) in [5.74, 6) is -0.0328. The molecule has 94 valence electrons. The summed E-state index contributed by atoms with van der Waals surface area (Å²) in [5, 5.41) is 1.32. The van der Waals surface area contributed by atoms with E-state index in [-0.39, 0.29) is 5.91 Å². The van der Waals surface area contributed by atoms with Crippen LogP contribution in [0.4, 0.5) is 0 Å². The van der Waals surface area contributed by atoms with Crippen molar-refractivity contribution in [2.24, 2.45) is 0 Å². The Bertz CT molecular complexity index is 356. The lowest BCUT2D eigenvalue weighted by Crippen LogP contribution is -2.34. The lowest BCUT2D eigenvalue weighted by molar-refractivity contribution is 0.0758. The maximum Gasteiger partial charge on any atom is 0.272 e. The number of nitrogens with zero attached hydrogens (tertiary/aromatic N) is 2. The second-order valence-corrected chi connectivity index (χ2v) is 4.93. The van der Waals surface area contributed by atoms with Gasteiger partial charge in [-0.2, -0.15) is 0 Å².